The number of hydrogen-bond acceptors (Lipinski definition) is 5. The third kappa shape index (κ3) is 6.70. The Labute approximate surface area is 192 Å². The number of para-hydroxylation sites is 1. The zero-order valence-corrected chi connectivity index (χ0v) is 18.8. The second-order valence-corrected chi connectivity index (χ2v) is 7.87. The number of carbonyl (C=O) groups is 3. The van der Waals surface area contributed by atoms with E-state index in [-0.39, 0.29) is 24.2 Å². The van der Waals surface area contributed by atoms with Crippen molar-refractivity contribution in [3.8, 4) is 5.75 Å². The van der Waals surface area contributed by atoms with Crippen LogP contribution < -0.4 is 20.9 Å². The van der Waals surface area contributed by atoms with E-state index in [1.54, 1.807) is 32.0 Å². The highest BCUT2D eigenvalue weighted by molar-refractivity contribution is 5.98. The summed E-state index contributed by atoms with van der Waals surface area (Å²) in [7, 11) is 0. The molecule has 0 radical (unpaired) electrons. The van der Waals surface area contributed by atoms with Crippen LogP contribution in [0.4, 0.5) is 0 Å². The van der Waals surface area contributed by atoms with E-state index in [4.69, 9.17) is 9.15 Å². The number of amides is 3. The molecule has 8 nitrogen and oxygen atoms in total. The van der Waals surface area contributed by atoms with E-state index >= 15 is 0 Å². The van der Waals surface area contributed by atoms with Crippen molar-refractivity contribution in [2.24, 2.45) is 5.92 Å². The van der Waals surface area contributed by atoms with Gasteiger partial charge in [-0.05, 0) is 49.2 Å². The Kier molecular flexibility index (Phi) is 7.86. The van der Waals surface area contributed by atoms with Crippen LogP contribution in [0.25, 0.3) is 0 Å². The smallest absolute Gasteiger partial charge is 0.305 e. The third-order valence-corrected chi connectivity index (χ3v) is 4.86. The monoisotopic (exact) mass is 449 g/mol. The number of carbonyl (C=O) groups excluding carboxylic acids is 3. The van der Waals surface area contributed by atoms with Gasteiger partial charge in [0.1, 0.15) is 24.2 Å². The Balaban J connectivity index is 1.52. The first-order valence-electron chi connectivity index (χ1n) is 10.6. The summed E-state index contributed by atoms with van der Waals surface area (Å²) in [6.07, 6.45) is 0. The molecule has 0 spiro atoms. The molecule has 0 saturated carbocycles. The highest BCUT2D eigenvalue weighted by Gasteiger charge is 2.25. The van der Waals surface area contributed by atoms with E-state index in [9.17, 15) is 14.4 Å². The van der Waals surface area contributed by atoms with Crippen LogP contribution in [0.1, 0.15) is 46.1 Å². The molecule has 1 unspecified atom stereocenters. The minimum absolute atomic E-state index is 0.0201. The Morgan fingerprint density at radius 2 is 1.58 bits per heavy atom. The second kappa shape index (κ2) is 11.0. The van der Waals surface area contributed by atoms with Crippen LogP contribution >= 0.6 is 0 Å². The summed E-state index contributed by atoms with van der Waals surface area (Å²) in [6.45, 7) is 5.68. The Bertz CT molecular complexity index is 1090. The van der Waals surface area contributed by atoms with Gasteiger partial charge in [-0.3, -0.25) is 25.2 Å². The molecular formula is C25H27N3O5. The van der Waals surface area contributed by atoms with Crippen LogP contribution in [0.5, 0.6) is 5.75 Å². The number of nitrogens with one attached hydrogen (secondary N) is 3. The molecule has 3 aromatic rings. The molecule has 8 heteroatoms. The molecule has 0 aliphatic rings. The number of benzene rings is 2. The lowest BCUT2D eigenvalue weighted by Gasteiger charge is -2.21. The number of hydrazine groups is 1. The molecule has 3 N–H and O–H groups in total. The van der Waals surface area contributed by atoms with Crippen molar-refractivity contribution in [2.45, 2.75) is 33.4 Å². The largest absolute Gasteiger partial charge is 0.486 e. The number of rotatable bonds is 8. The fourth-order valence-electron chi connectivity index (χ4n) is 2.97. The standard InChI is InChI=1S/C25H27N3O5/c1-16(2)22(26-23(29)18-11-9-17(3)10-12-18)25(31)28-27-24(30)21-14-13-20(33-21)15-32-19-7-5-4-6-8-19/h4-14,16,22H,15H2,1-3H3,(H,26,29)(H,27,30)(H,28,31). The second-order valence-electron chi connectivity index (χ2n) is 7.87. The maximum atomic E-state index is 12.6. The van der Waals surface area contributed by atoms with Crippen LogP contribution in [0, 0.1) is 12.8 Å². The van der Waals surface area contributed by atoms with Gasteiger partial charge in [0.15, 0.2) is 5.76 Å². The zero-order valence-electron chi connectivity index (χ0n) is 18.8. The summed E-state index contributed by atoms with van der Waals surface area (Å²) in [4.78, 5) is 37.5. The maximum Gasteiger partial charge on any atom is 0.305 e. The summed E-state index contributed by atoms with van der Waals surface area (Å²) in [5.41, 5.74) is 6.14. The van der Waals surface area contributed by atoms with Crippen LogP contribution in [-0.2, 0) is 11.4 Å². The normalized spacial score (nSPS) is 11.5. The van der Waals surface area contributed by atoms with Crippen molar-refractivity contribution < 1.29 is 23.5 Å². The van der Waals surface area contributed by atoms with Crippen molar-refractivity contribution in [2.75, 3.05) is 0 Å². The molecular weight excluding hydrogens is 422 g/mol. The molecule has 33 heavy (non-hydrogen) atoms. The minimum Gasteiger partial charge on any atom is -0.486 e. The third-order valence-electron chi connectivity index (χ3n) is 4.86. The molecule has 1 atom stereocenters. The van der Waals surface area contributed by atoms with E-state index in [1.807, 2.05) is 49.4 Å². The first-order chi connectivity index (χ1) is 15.8. The van der Waals surface area contributed by atoms with Crippen LogP contribution in [0.15, 0.2) is 71.1 Å². The summed E-state index contributed by atoms with van der Waals surface area (Å²) in [5.74, 6) is -0.585. The predicted octanol–water partition coefficient (Wildman–Crippen LogP) is 3.38. The van der Waals surface area contributed by atoms with Crippen molar-refractivity contribution in [1.82, 2.24) is 16.2 Å². The predicted molar refractivity (Wildman–Crippen MR) is 122 cm³/mol. The van der Waals surface area contributed by atoms with E-state index < -0.39 is 17.9 Å². The topological polar surface area (TPSA) is 110 Å². The van der Waals surface area contributed by atoms with Gasteiger partial charge in [0, 0.05) is 5.56 Å². The Morgan fingerprint density at radius 1 is 0.879 bits per heavy atom. The SMILES string of the molecule is Cc1ccc(C(=O)NC(C(=O)NNC(=O)c2ccc(COc3ccccc3)o2)C(C)C)cc1. The fraction of sp³-hybridized carbons (Fsp3) is 0.240. The van der Waals surface area contributed by atoms with E-state index in [0.717, 1.165) is 5.56 Å². The van der Waals surface area contributed by atoms with Crippen LogP contribution in [0.3, 0.4) is 0 Å². The van der Waals surface area contributed by atoms with Gasteiger partial charge in [0.2, 0.25) is 0 Å². The molecule has 1 aromatic heterocycles. The lowest BCUT2D eigenvalue weighted by Crippen LogP contribution is -2.54. The van der Waals surface area contributed by atoms with E-state index in [0.29, 0.717) is 17.1 Å². The van der Waals surface area contributed by atoms with Crippen molar-refractivity contribution >= 4 is 17.7 Å². The van der Waals surface area contributed by atoms with Gasteiger partial charge in [0.05, 0.1) is 0 Å². The van der Waals surface area contributed by atoms with Gasteiger partial charge in [-0.15, -0.1) is 0 Å². The highest BCUT2D eigenvalue weighted by atomic mass is 16.5. The average Bonchev–Trinajstić information content (AvgIpc) is 3.29. The lowest BCUT2D eigenvalue weighted by atomic mass is 10.0. The number of ether oxygens (including phenoxy) is 1. The summed E-state index contributed by atoms with van der Waals surface area (Å²) >= 11 is 0. The summed E-state index contributed by atoms with van der Waals surface area (Å²) in [6, 6.07) is 18.5. The average molecular weight is 450 g/mol. The number of hydrogen-bond donors (Lipinski definition) is 3. The molecule has 0 aliphatic carbocycles. The first kappa shape index (κ1) is 23.6. The van der Waals surface area contributed by atoms with Crippen LogP contribution in [0.2, 0.25) is 0 Å². The Morgan fingerprint density at radius 3 is 2.24 bits per heavy atom. The molecule has 0 saturated heterocycles. The number of aryl methyl sites for hydroxylation is 1. The van der Waals surface area contributed by atoms with Crippen molar-refractivity contribution in [1.29, 1.82) is 0 Å². The van der Waals surface area contributed by atoms with Gasteiger partial charge in [-0.1, -0.05) is 49.7 Å². The van der Waals surface area contributed by atoms with Gasteiger partial charge in [0.25, 0.3) is 11.8 Å². The maximum absolute atomic E-state index is 12.6. The Hall–Kier alpha value is -4.07. The molecule has 172 valence electrons. The zero-order chi connectivity index (χ0) is 23.8. The first-order valence-corrected chi connectivity index (χ1v) is 10.6. The van der Waals surface area contributed by atoms with E-state index in [2.05, 4.69) is 16.2 Å². The molecule has 0 bridgehead atoms. The molecule has 1 heterocycles. The van der Waals surface area contributed by atoms with Gasteiger partial charge in [-0.2, -0.15) is 0 Å². The fourth-order valence-corrected chi connectivity index (χ4v) is 2.97. The van der Waals surface area contributed by atoms with Gasteiger partial charge >= 0.3 is 5.91 Å². The molecule has 2 aromatic carbocycles. The number of furan rings is 1. The molecule has 3 amide bonds. The molecule has 0 aliphatic heterocycles. The highest BCUT2D eigenvalue weighted by Crippen LogP contribution is 2.14. The molecule has 0 fully saturated rings. The lowest BCUT2D eigenvalue weighted by molar-refractivity contribution is -0.124. The van der Waals surface area contributed by atoms with Gasteiger partial charge in [-0.25, -0.2) is 0 Å². The van der Waals surface area contributed by atoms with Crippen molar-refractivity contribution in [3.05, 3.63) is 89.4 Å². The van der Waals surface area contributed by atoms with Crippen molar-refractivity contribution in [3.63, 3.8) is 0 Å². The van der Waals surface area contributed by atoms with Crippen LogP contribution in [-0.4, -0.2) is 23.8 Å². The summed E-state index contributed by atoms with van der Waals surface area (Å²) in [5, 5.41) is 2.71. The van der Waals surface area contributed by atoms with Gasteiger partial charge < -0.3 is 14.5 Å². The quantitative estimate of drug-likeness (QED) is 0.457. The minimum atomic E-state index is -0.842. The summed E-state index contributed by atoms with van der Waals surface area (Å²) < 4.78 is 11.1. The van der Waals surface area contributed by atoms with E-state index in [1.165, 1.54) is 6.07 Å². The molecule has 3 rings (SSSR count).